The van der Waals surface area contributed by atoms with Gasteiger partial charge in [-0.2, -0.15) is 0 Å². The second kappa shape index (κ2) is 6.17. The maximum atomic E-state index is 10.8. The van der Waals surface area contributed by atoms with E-state index in [1.165, 1.54) is 0 Å². The Balaban J connectivity index is 3.42. The Morgan fingerprint density at radius 3 is 2.46 bits per heavy atom. The molecule has 0 aromatic carbocycles. The van der Waals surface area contributed by atoms with Crippen LogP contribution in [-0.4, -0.2) is 26.1 Å². The lowest BCUT2D eigenvalue weighted by Crippen LogP contribution is -2.25. The minimum atomic E-state index is -3.32. The lowest BCUT2D eigenvalue weighted by molar-refractivity contribution is -0.118. The van der Waals surface area contributed by atoms with Gasteiger partial charge in [-0.3, -0.25) is 4.79 Å². The molecular weight excluding hydrogens is 216 g/mol. The number of alkyl halides is 1. The smallest absolute Gasteiger partial charge is 0.225 e. The molecule has 0 saturated heterocycles. The Hall–Kier alpha value is -0.330. The Morgan fingerprint density at radius 2 is 2.00 bits per heavy atom. The highest BCUT2D eigenvalue weighted by molar-refractivity contribution is 7.90. The van der Waals surface area contributed by atoms with E-state index in [2.05, 4.69) is 4.72 Å². The largest absolute Gasteiger partial charge is 0.370 e. The molecule has 0 aliphatic carbocycles. The first-order valence-corrected chi connectivity index (χ1v) is 5.98. The van der Waals surface area contributed by atoms with Crippen LogP contribution < -0.4 is 10.5 Å². The Morgan fingerprint density at radius 1 is 1.38 bits per heavy atom. The summed E-state index contributed by atoms with van der Waals surface area (Å²) in [5.41, 5.74) is 4.89. The number of hydrogen-bond donors (Lipinski definition) is 2. The molecule has 0 atom stereocenters. The maximum Gasteiger partial charge on any atom is 0.225 e. The summed E-state index contributed by atoms with van der Waals surface area (Å²) in [7, 11) is -3.32. The molecule has 0 fully saturated rings. The number of nitrogens with one attached hydrogen (secondary N) is 1. The van der Waals surface area contributed by atoms with Gasteiger partial charge in [-0.05, 0) is 12.8 Å². The average Bonchev–Trinajstić information content (AvgIpc) is 2.03. The van der Waals surface area contributed by atoms with Gasteiger partial charge in [0.25, 0.3) is 0 Å². The predicted molar refractivity (Wildman–Crippen MR) is 50.7 cm³/mol. The molecular formula is C6H13ClN2O3S. The van der Waals surface area contributed by atoms with E-state index < -0.39 is 15.2 Å². The summed E-state index contributed by atoms with van der Waals surface area (Å²) in [6, 6.07) is 0. The van der Waals surface area contributed by atoms with Crippen LogP contribution in [0.3, 0.4) is 0 Å². The first kappa shape index (κ1) is 12.7. The standard InChI is InChI=1S/C6H13ClN2O3S/c7-5-13(11,12)9-4-2-1-3-6(8)10/h9H,1-5H2,(H2,8,10). The molecule has 0 spiro atoms. The van der Waals surface area contributed by atoms with E-state index in [0.717, 1.165) is 0 Å². The van der Waals surface area contributed by atoms with Crippen LogP contribution in [0.25, 0.3) is 0 Å². The second-order valence-corrected chi connectivity index (χ2v) is 4.93. The first-order valence-electron chi connectivity index (χ1n) is 3.79. The number of carbonyl (C=O) groups is 1. The third kappa shape index (κ3) is 8.01. The third-order valence-electron chi connectivity index (χ3n) is 1.32. The van der Waals surface area contributed by atoms with Gasteiger partial charge in [0.1, 0.15) is 5.21 Å². The van der Waals surface area contributed by atoms with Crippen molar-refractivity contribution in [2.24, 2.45) is 5.73 Å². The van der Waals surface area contributed by atoms with Crippen molar-refractivity contribution in [1.29, 1.82) is 0 Å². The second-order valence-electron chi connectivity index (χ2n) is 2.54. The molecule has 0 saturated carbocycles. The van der Waals surface area contributed by atoms with Crippen molar-refractivity contribution in [3.05, 3.63) is 0 Å². The number of hydrogen-bond acceptors (Lipinski definition) is 3. The fraction of sp³-hybridized carbons (Fsp3) is 0.833. The summed E-state index contributed by atoms with van der Waals surface area (Å²) < 4.78 is 23.8. The van der Waals surface area contributed by atoms with Gasteiger partial charge in [-0.15, -0.1) is 11.6 Å². The number of halogens is 1. The van der Waals surface area contributed by atoms with E-state index >= 15 is 0 Å². The van der Waals surface area contributed by atoms with Crippen molar-refractivity contribution >= 4 is 27.5 Å². The topological polar surface area (TPSA) is 89.3 Å². The van der Waals surface area contributed by atoms with E-state index in [-0.39, 0.29) is 12.3 Å². The van der Waals surface area contributed by atoms with E-state index in [0.29, 0.717) is 19.4 Å². The summed E-state index contributed by atoms with van der Waals surface area (Å²) in [4.78, 5) is 10.3. The van der Waals surface area contributed by atoms with Crippen LogP contribution in [0, 0.1) is 0 Å². The lowest BCUT2D eigenvalue weighted by atomic mass is 10.2. The molecule has 0 aromatic rings. The SMILES string of the molecule is NC(=O)CCCCNS(=O)(=O)CCl. The van der Waals surface area contributed by atoms with Gasteiger partial charge in [0.2, 0.25) is 15.9 Å². The summed E-state index contributed by atoms with van der Waals surface area (Å²) in [5.74, 6) is -0.375. The summed E-state index contributed by atoms with van der Waals surface area (Å²) in [6.45, 7) is 0.294. The molecule has 0 aliphatic heterocycles. The van der Waals surface area contributed by atoms with Crippen molar-refractivity contribution < 1.29 is 13.2 Å². The van der Waals surface area contributed by atoms with Crippen molar-refractivity contribution in [3.63, 3.8) is 0 Å². The normalized spacial score (nSPS) is 11.5. The highest BCUT2D eigenvalue weighted by Gasteiger charge is 2.05. The minimum Gasteiger partial charge on any atom is -0.370 e. The molecule has 1 amide bonds. The molecule has 13 heavy (non-hydrogen) atoms. The van der Waals surface area contributed by atoms with Crippen molar-refractivity contribution in [2.45, 2.75) is 19.3 Å². The predicted octanol–water partition coefficient (Wildman–Crippen LogP) is -0.242. The summed E-state index contributed by atoms with van der Waals surface area (Å²) >= 11 is 5.13. The molecule has 78 valence electrons. The van der Waals surface area contributed by atoms with E-state index in [1.54, 1.807) is 0 Å². The van der Waals surface area contributed by atoms with Crippen LogP contribution in [0.2, 0.25) is 0 Å². The van der Waals surface area contributed by atoms with Gasteiger partial charge in [0.05, 0.1) is 0 Å². The first-order chi connectivity index (χ1) is 5.98. The molecule has 7 heteroatoms. The molecule has 0 bridgehead atoms. The van der Waals surface area contributed by atoms with Gasteiger partial charge in [0, 0.05) is 13.0 Å². The van der Waals surface area contributed by atoms with Crippen LogP contribution in [0.15, 0.2) is 0 Å². The molecule has 0 heterocycles. The van der Waals surface area contributed by atoms with E-state index in [1.807, 2.05) is 0 Å². The summed E-state index contributed by atoms with van der Waals surface area (Å²) in [6.07, 6.45) is 1.45. The van der Waals surface area contributed by atoms with Gasteiger partial charge in [0.15, 0.2) is 0 Å². The number of sulfonamides is 1. The van der Waals surface area contributed by atoms with Crippen LogP contribution in [0.1, 0.15) is 19.3 Å². The van der Waals surface area contributed by atoms with Crippen molar-refractivity contribution in [3.8, 4) is 0 Å². The minimum absolute atomic E-state index is 0.280. The zero-order valence-electron chi connectivity index (χ0n) is 7.12. The Bertz CT molecular complexity index is 253. The number of nitrogens with two attached hydrogens (primary N) is 1. The van der Waals surface area contributed by atoms with Crippen LogP contribution in [0.4, 0.5) is 0 Å². The Labute approximate surface area is 82.7 Å². The summed E-state index contributed by atoms with van der Waals surface area (Å²) in [5, 5.41) is -0.442. The van der Waals surface area contributed by atoms with Crippen molar-refractivity contribution in [2.75, 3.05) is 11.8 Å². The fourth-order valence-corrected chi connectivity index (χ4v) is 1.45. The molecule has 0 rings (SSSR count). The van der Waals surface area contributed by atoms with E-state index in [4.69, 9.17) is 17.3 Å². The highest BCUT2D eigenvalue weighted by atomic mass is 35.5. The molecule has 0 unspecified atom stereocenters. The number of amides is 1. The van der Waals surface area contributed by atoms with Gasteiger partial charge < -0.3 is 5.73 Å². The number of primary amides is 1. The van der Waals surface area contributed by atoms with Crippen LogP contribution in [-0.2, 0) is 14.8 Å². The zero-order valence-corrected chi connectivity index (χ0v) is 8.70. The quantitative estimate of drug-likeness (QED) is 0.466. The lowest BCUT2D eigenvalue weighted by Gasteiger charge is -2.01. The monoisotopic (exact) mass is 228 g/mol. The van der Waals surface area contributed by atoms with Crippen LogP contribution >= 0.6 is 11.6 Å². The molecule has 5 nitrogen and oxygen atoms in total. The van der Waals surface area contributed by atoms with Gasteiger partial charge >= 0.3 is 0 Å². The highest BCUT2D eigenvalue weighted by Crippen LogP contribution is 1.94. The van der Waals surface area contributed by atoms with Crippen molar-refractivity contribution in [1.82, 2.24) is 4.72 Å². The number of rotatable bonds is 7. The van der Waals surface area contributed by atoms with E-state index in [9.17, 15) is 13.2 Å². The molecule has 0 aromatic heterocycles. The third-order valence-corrected chi connectivity index (χ3v) is 3.11. The number of unbranched alkanes of at least 4 members (excludes halogenated alkanes) is 1. The Kier molecular flexibility index (Phi) is 6.02. The van der Waals surface area contributed by atoms with Crippen LogP contribution in [0.5, 0.6) is 0 Å². The van der Waals surface area contributed by atoms with Gasteiger partial charge in [-0.25, -0.2) is 13.1 Å². The molecule has 3 N–H and O–H groups in total. The van der Waals surface area contributed by atoms with Gasteiger partial charge in [-0.1, -0.05) is 0 Å². The zero-order chi connectivity index (χ0) is 10.3. The fourth-order valence-electron chi connectivity index (χ4n) is 0.690. The molecule has 0 aliphatic rings. The average molecular weight is 229 g/mol. The molecule has 0 radical (unpaired) electrons. The maximum absolute atomic E-state index is 10.8. The number of carbonyl (C=O) groups excluding carboxylic acids is 1.